The zero-order valence-corrected chi connectivity index (χ0v) is 14.1. The van der Waals surface area contributed by atoms with Crippen molar-refractivity contribution in [3.63, 3.8) is 0 Å². The molecule has 1 N–H and O–H groups in total. The Morgan fingerprint density at radius 2 is 1.96 bits per heavy atom. The molecule has 0 saturated carbocycles. The zero-order chi connectivity index (χ0) is 16.4. The highest BCUT2D eigenvalue weighted by Gasteiger charge is 2.26. The largest absolute Gasteiger partial charge is 0.325 e. The second kappa shape index (κ2) is 6.55. The van der Waals surface area contributed by atoms with Gasteiger partial charge in [0.25, 0.3) is 0 Å². The molecular formula is C20H24N2O. The zero-order valence-electron chi connectivity index (χ0n) is 14.1. The van der Waals surface area contributed by atoms with Crippen LogP contribution in [-0.2, 0) is 11.2 Å². The number of hydrogen-bond acceptors (Lipinski definition) is 2. The van der Waals surface area contributed by atoms with E-state index in [2.05, 4.69) is 47.5 Å². The van der Waals surface area contributed by atoms with Crippen molar-refractivity contribution in [2.75, 3.05) is 18.9 Å². The number of aryl methyl sites for hydroxylation is 2. The Labute approximate surface area is 138 Å². The number of benzene rings is 2. The Bertz CT molecular complexity index is 723. The number of carbonyl (C=O) groups is 1. The van der Waals surface area contributed by atoms with E-state index in [0.717, 1.165) is 24.1 Å². The van der Waals surface area contributed by atoms with Crippen LogP contribution in [-0.4, -0.2) is 24.4 Å². The van der Waals surface area contributed by atoms with Gasteiger partial charge in [0.1, 0.15) is 0 Å². The Balaban J connectivity index is 1.65. The summed E-state index contributed by atoms with van der Waals surface area (Å²) < 4.78 is 0. The van der Waals surface area contributed by atoms with E-state index in [-0.39, 0.29) is 5.91 Å². The molecule has 120 valence electrons. The normalized spacial score (nSPS) is 16.4. The summed E-state index contributed by atoms with van der Waals surface area (Å²) in [5.41, 5.74) is 6.03. The molecule has 0 radical (unpaired) electrons. The maximum atomic E-state index is 12.4. The first kappa shape index (κ1) is 15.8. The lowest BCUT2D eigenvalue weighted by atomic mass is 10.1. The summed E-state index contributed by atoms with van der Waals surface area (Å²) in [5, 5.41) is 3.05. The highest BCUT2D eigenvalue weighted by Crippen LogP contribution is 2.34. The maximum Gasteiger partial charge on any atom is 0.238 e. The van der Waals surface area contributed by atoms with Gasteiger partial charge in [-0.2, -0.15) is 0 Å². The van der Waals surface area contributed by atoms with E-state index in [1.807, 2.05) is 26.1 Å². The fourth-order valence-corrected chi connectivity index (χ4v) is 3.41. The summed E-state index contributed by atoms with van der Waals surface area (Å²) in [6.45, 7) is 4.51. The third-order valence-electron chi connectivity index (χ3n) is 4.90. The van der Waals surface area contributed by atoms with Gasteiger partial charge in [0.2, 0.25) is 5.91 Å². The highest BCUT2D eigenvalue weighted by atomic mass is 16.2. The first-order valence-electron chi connectivity index (χ1n) is 8.20. The molecule has 1 amide bonds. The molecule has 1 atom stereocenters. The van der Waals surface area contributed by atoms with Crippen LogP contribution >= 0.6 is 0 Å². The van der Waals surface area contributed by atoms with Crippen molar-refractivity contribution >= 4 is 11.6 Å². The SMILES string of the molecule is Cc1cccc(NC(=O)CN(C)[C@H]2CCc3ccccc32)c1C. The standard InChI is InChI=1S/C20H24N2O/c1-14-7-6-10-18(15(14)2)21-20(23)13-22(3)19-12-11-16-8-4-5-9-17(16)19/h4-10,19H,11-13H2,1-3H3,(H,21,23)/t19-/m0/s1. The lowest BCUT2D eigenvalue weighted by Crippen LogP contribution is -2.32. The van der Waals surface area contributed by atoms with E-state index in [1.54, 1.807) is 0 Å². The molecule has 0 saturated heterocycles. The Morgan fingerprint density at radius 1 is 1.17 bits per heavy atom. The Kier molecular flexibility index (Phi) is 4.49. The molecule has 0 aromatic heterocycles. The van der Waals surface area contributed by atoms with Gasteiger partial charge < -0.3 is 5.32 Å². The third kappa shape index (κ3) is 3.30. The van der Waals surface area contributed by atoms with Gasteiger partial charge in [0, 0.05) is 11.7 Å². The van der Waals surface area contributed by atoms with E-state index in [1.165, 1.54) is 16.7 Å². The number of amides is 1. The van der Waals surface area contributed by atoms with Crippen molar-refractivity contribution in [3.8, 4) is 0 Å². The van der Waals surface area contributed by atoms with E-state index < -0.39 is 0 Å². The molecule has 0 heterocycles. The van der Waals surface area contributed by atoms with Gasteiger partial charge in [0.15, 0.2) is 0 Å². The van der Waals surface area contributed by atoms with Gasteiger partial charge in [0.05, 0.1) is 6.54 Å². The van der Waals surface area contributed by atoms with E-state index >= 15 is 0 Å². The van der Waals surface area contributed by atoms with Gasteiger partial charge in [-0.3, -0.25) is 9.69 Å². The van der Waals surface area contributed by atoms with Gasteiger partial charge >= 0.3 is 0 Å². The number of anilines is 1. The lowest BCUT2D eigenvalue weighted by molar-refractivity contribution is -0.117. The molecule has 1 aliphatic rings. The van der Waals surface area contributed by atoms with Crippen LogP contribution in [0.1, 0.15) is 34.7 Å². The number of carbonyl (C=O) groups excluding carboxylic acids is 1. The van der Waals surface area contributed by atoms with Gasteiger partial charge in [-0.05, 0) is 62.1 Å². The minimum Gasteiger partial charge on any atom is -0.325 e. The first-order valence-corrected chi connectivity index (χ1v) is 8.20. The topological polar surface area (TPSA) is 32.3 Å². The summed E-state index contributed by atoms with van der Waals surface area (Å²) in [6, 6.07) is 14.9. The minimum absolute atomic E-state index is 0.0468. The van der Waals surface area contributed by atoms with E-state index in [4.69, 9.17) is 0 Å². The molecule has 0 aliphatic heterocycles. The maximum absolute atomic E-state index is 12.4. The summed E-state index contributed by atoms with van der Waals surface area (Å²) in [7, 11) is 2.04. The predicted octanol–water partition coefficient (Wildman–Crippen LogP) is 3.86. The number of fused-ring (bicyclic) bond motifs is 1. The quantitative estimate of drug-likeness (QED) is 0.930. The monoisotopic (exact) mass is 308 g/mol. The van der Waals surface area contributed by atoms with E-state index in [9.17, 15) is 4.79 Å². The van der Waals surface area contributed by atoms with Crippen molar-refractivity contribution in [2.24, 2.45) is 0 Å². The smallest absolute Gasteiger partial charge is 0.238 e. The van der Waals surface area contributed by atoms with Crippen molar-refractivity contribution in [2.45, 2.75) is 32.7 Å². The second-order valence-electron chi connectivity index (χ2n) is 6.46. The fraction of sp³-hybridized carbons (Fsp3) is 0.350. The highest BCUT2D eigenvalue weighted by molar-refractivity contribution is 5.93. The molecular weight excluding hydrogens is 284 g/mol. The first-order chi connectivity index (χ1) is 11.1. The number of hydrogen-bond donors (Lipinski definition) is 1. The molecule has 3 nitrogen and oxygen atoms in total. The van der Waals surface area contributed by atoms with Crippen LogP contribution < -0.4 is 5.32 Å². The Hall–Kier alpha value is -2.13. The lowest BCUT2D eigenvalue weighted by Gasteiger charge is -2.24. The van der Waals surface area contributed by atoms with Crippen molar-refractivity contribution in [3.05, 3.63) is 64.7 Å². The van der Waals surface area contributed by atoms with Crippen molar-refractivity contribution < 1.29 is 4.79 Å². The summed E-state index contributed by atoms with van der Waals surface area (Å²) in [4.78, 5) is 14.6. The average Bonchev–Trinajstić information content (AvgIpc) is 2.96. The molecule has 2 aromatic carbocycles. The number of nitrogens with one attached hydrogen (secondary N) is 1. The van der Waals surface area contributed by atoms with Gasteiger partial charge in [-0.1, -0.05) is 36.4 Å². The molecule has 3 rings (SSSR count). The van der Waals surface area contributed by atoms with Crippen LogP contribution in [0.25, 0.3) is 0 Å². The molecule has 1 aliphatic carbocycles. The Morgan fingerprint density at radius 3 is 2.78 bits per heavy atom. The van der Waals surface area contributed by atoms with Gasteiger partial charge in [-0.15, -0.1) is 0 Å². The molecule has 23 heavy (non-hydrogen) atoms. The molecule has 0 spiro atoms. The number of nitrogens with zero attached hydrogens (tertiary/aromatic N) is 1. The second-order valence-corrected chi connectivity index (χ2v) is 6.46. The molecule has 0 unspecified atom stereocenters. The fourth-order valence-electron chi connectivity index (χ4n) is 3.41. The summed E-state index contributed by atoms with van der Waals surface area (Å²) in [5.74, 6) is 0.0468. The number of likely N-dealkylation sites (N-methyl/N-ethyl adjacent to an activating group) is 1. The molecule has 3 heteroatoms. The van der Waals surface area contributed by atoms with Crippen LogP contribution in [0.3, 0.4) is 0 Å². The molecule has 0 fully saturated rings. The summed E-state index contributed by atoms with van der Waals surface area (Å²) in [6.07, 6.45) is 2.19. The van der Waals surface area contributed by atoms with Crippen LogP contribution in [0.5, 0.6) is 0 Å². The summed E-state index contributed by atoms with van der Waals surface area (Å²) >= 11 is 0. The molecule has 2 aromatic rings. The van der Waals surface area contributed by atoms with Crippen LogP contribution in [0, 0.1) is 13.8 Å². The van der Waals surface area contributed by atoms with Crippen molar-refractivity contribution in [1.82, 2.24) is 4.90 Å². The van der Waals surface area contributed by atoms with E-state index in [0.29, 0.717) is 12.6 Å². The average molecular weight is 308 g/mol. The van der Waals surface area contributed by atoms with Crippen LogP contribution in [0.4, 0.5) is 5.69 Å². The van der Waals surface area contributed by atoms with Crippen LogP contribution in [0.15, 0.2) is 42.5 Å². The van der Waals surface area contributed by atoms with Crippen molar-refractivity contribution in [1.29, 1.82) is 0 Å². The van der Waals surface area contributed by atoms with Crippen LogP contribution in [0.2, 0.25) is 0 Å². The molecule has 0 bridgehead atoms. The number of rotatable bonds is 4. The minimum atomic E-state index is 0.0468. The third-order valence-corrected chi connectivity index (χ3v) is 4.90. The predicted molar refractivity (Wildman–Crippen MR) is 94.7 cm³/mol. The van der Waals surface area contributed by atoms with Gasteiger partial charge in [-0.25, -0.2) is 0 Å².